The van der Waals surface area contributed by atoms with E-state index in [4.69, 9.17) is 4.74 Å². The second kappa shape index (κ2) is 8.18. The molecular weight excluding hydrogens is 276 g/mol. The van der Waals surface area contributed by atoms with Crippen LogP contribution in [0.15, 0.2) is 24.3 Å². The maximum atomic E-state index is 12.7. The minimum absolute atomic E-state index is 0.0961. The topological polar surface area (TPSA) is 32.8 Å². The molecule has 1 heterocycles. The number of rotatable bonds is 6. The molecule has 122 valence electrons. The van der Waals surface area contributed by atoms with E-state index in [0.29, 0.717) is 17.2 Å². The number of methoxy groups -OCH3 is 1. The molecule has 0 aromatic heterocycles. The van der Waals surface area contributed by atoms with Crippen molar-refractivity contribution in [2.75, 3.05) is 39.8 Å². The fraction of sp³-hybridized carbons (Fsp3) is 0.611. The first-order valence-electron chi connectivity index (χ1n) is 8.34. The van der Waals surface area contributed by atoms with Crippen LogP contribution in [0.1, 0.15) is 37.0 Å². The van der Waals surface area contributed by atoms with Crippen LogP contribution < -0.4 is 4.74 Å². The Morgan fingerprint density at radius 1 is 1.23 bits per heavy atom. The summed E-state index contributed by atoms with van der Waals surface area (Å²) < 4.78 is 5.31. The van der Waals surface area contributed by atoms with Crippen LogP contribution in [-0.2, 0) is 0 Å². The van der Waals surface area contributed by atoms with Gasteiger partial charge in [-0.25, -0.2) is 0 Å². The summed E-state index contributed by atoms with van der Waals surface area (Å²) in [5.41, 5.74) is 0.673. The first kappa shape index (κ1) is 16.8. The van der Waals surface area contributed by atoms with Crippen LogP contribution in [-0.4, -0.2) is 55.5 Å². The quantitative estimate of drug-likeness (QED) is 0.810. The van der Waals surface area contributed by atoms with E-state index in [-0.39, 0.29) is 5.91 Å². The third kappa shape index (κ3) is 4.01. The third-order valence-corrected chi connectivity index (χ3v) is 4.65. The van der Waals surface area contributed by atoms with Gasteiger partial charge in [0.2, 0.25) is 0 Å². The monoisotopic (exact) mass is 304 g/mol. The van der Waals surface area contributed by atoms with Gasteiger partial charge in [0.15, 0.2) is 0 Å². The summed E-state index contributed by atoms with van der Waals surface area (Å²) in [7, 11) is 1.61. The van der Waals surface area contributed by atoms with Gasteiger partial charge in [-0.05, 0) is 44.0 Å². The van der Waals surface area contributed by atoms with E-state index in [1.54, 1.807) is 7.11 Å². The molecule has 22 heavy (non-hydrogen) atoms. The number of ether oxygens (including phenoxy) is 1. The van der Waals surface area contributed by atoms with Crippen LogP contribution in [0.4, 0.5) is 0 Å². The third-order valence-electron chi connectivity index (χ3n) is 4.65. The zero-order chi connectivity index (χ0) is 15.9. The summed E-state index contributed by atoms with van der Waals surface area (Å²) in [6.07, 6.45) is 2.19. The Kier molecular flexibility index (Phi) is 6.25. The average molecular weight is 304 g/mol. The van der Waals surface area contributed by atoms with E-state index in [2.05, 4.69) is 18.7 Å². The molecule has 0 saturated carbocycles. The van der Waals surface area contributed by atoms with Crippen molar-refractivity contribution in [2.24, 2.45) is 5.92 Å². The minimum Gasteiger partial charge on any atom is -0.496 e. The van der Waals surface area contributed by atoms with Crippen molar-refractivity contribution in [1.29, 1.82) is 0 Å². The molecule has 2 rings (SSSR count). The minimum atomic E-state index is 0.0961. The molecule has 1 saturated heterocycles. The summed E-state index contributed by atoms with van der Waals surface area (Å²) in [6.45, 7) is 9.50. The smallest absolute Gasteiger partial charge is 0.257 e. The molecule has 0 unspecified atom stereocenters. The predicted octanol–water partition coefficient (Wildman–Crippen LogP) is 2.89. The zero-order valence-electron chi connectivity index (χ0n) is 14.0. The second-order valence-electron chi connectivity index (χ2n) is 5.92. The standard InChI is InChI=1S/C18H28N2O2/c1-4-19(5-2)14-15-10-12-20(13-11-15)18(21)16-8-6-7-9-17(16)22-3/h6-9,15H,4-5,10-14H2,1-3H3. The van der Waals surface area contributed by atoms with Crippen LogP contribution >= 0.6 is 0 Å². The van der Waals surface area contributed by atoms with Gasteiger partial charge in [0.05, 0.1) is 12.7 Å². The summed E-state index contributed by atoms with van der Waals surface area (Å²) >= 11 is 0. The molecule has 4 heteroatoms. The SMILES string of the molecule is CCN(CC)CC1CCN(C(=O)c2ccccc2OC)CC1. The van der Waals surface area contributed by atoms with Gasteiger partial charge < -0.3 is 14.5 Å². The van der Waals surface area contributed by atoms with Crippen molar-refractivity contribution in [3.8, 4) is 5.75 Å². The number of para-hydroxylation sites is 1. The Morgan fingerprint density at radius 2 is 1.86 bits per heavy atom. The Hall–Kier alpha value is -1.55. The summed E-state index contributed by atoms with van der Waals surface area (Å²) in [4.78, 5) is 17.1. The predicted molar refractivity (Wildman–Crippen MR) is 89.4 cm³/mol. The van der Waals surface area contributed by atoms with Crippen molar-refractivity contribution in [3.05, 3.63) is 29.8 Å². The molecule has 1 aliphatic heterocycles. The van der Waals surface area contributed by atoms with E-state index in [1.165, 1.54) is 0 Å². The maximum Gasteiger partial charge on any atom is 0.257 e. The number of benzene rings is 1. The highest BCUT2D eigenvalue weighted by Gasteiger charge is 2.25. The molecule has 0 N–H and O–H groups in total. The molecule has 0 aliphatic carbocycles. The summed E-state index contributed by atoms with van der Waals surface area (Å²) in [5.74, 6) is 1.47. The lowest BCUT2D eigenvalue weighted by atomic mass is 9.95. The van der Waals surface area contributed by atoms with Gasteiger partial charge in [-0.15, -0.1) is 0 Å². The fourth-order valence-corrected chi connectivity index (χ4v) is 3.16. The van der Waals surface area contributed by atoms with Gasteiger partial charge in [-0.3, -0.25) is 4.79 Å². The average Bonchev–Trinajstić information content (AvgIpc) is 2.59. The first-order chi connectivity index (χ1) is 10.7. The van der Waals surface area contributed by atoms with Crippen molar-refractivity contribution < 1.29 is 9.53 Å². The van der Waals surface area contributed by atoms with Crippen LogP contribution in [0, 0.1) is 5.92 Å². The van der Waals surface area contributed by atoms with Crippen LogP contribution in [0.2, 0.25) is 0 Å². The molecule has 0 spiro atoms. The lowest BCUT2D eigenvalue weighted by Gasteiger charge is -2.34. The number of amides is 1. The van der Waals surface area contributed by atoms with Crippen molar-refractivity contribution >= 4 is 5.91 Å². The molecular formula is C18H28N2O2. The van der Waals surface area contributed by atoms with Crippen LogP contribution in [0.25, 0.3) is 0 Å². The van der Waals surface area contributed by atoms with Crippen LogP contribution in [0.5, 0.6) is 5.75 Å². The first-order valence-corrected chi connectivity index (χ1v) is 8.34. The van der Waals surface area contributed by atoms with Gasteiger partial charge in [0, 0.05) is 19.6 Å². The highest BCUT2D eigenvalue weighted by atomic mass is 16.5. The molecule has 4 nitrogen and oxygen atoms in total. The van der Waals surface area contributed by atoms with Gasteiger partial charge in [0.1, 0.15) is 5.75 Å². The number of carbonyl (C=O) groups is 1. The van der Waals surface area contributed by atoms with Gasteiger partial charge in [-0.2, -0.15) is 0 Å². The summed E-state index contributed by atoms with van der Waals surface area (Å²) in [6, 6.07) is 7.48. The maximum absolute atomic E-state index is 12.7. The molecule has 1 aliphatic rings. The van der Waals surface area contributed by atoms with Crippen molar-refractivity contribution in [1.82, 2.24) is 9.80 Å². The summed E-state index contributed by atoms with van der Waals surface area (Å²) in [5, 5.41) is 0. The molecule has 0 atom stereocenters. The van der Waals surface area contributed by atoms with Gasteiger partial charge in [0.25, 0.3) is 5.91 Å². The number of carbonyl (C=O) groups excluding carboxylic acids is 1. The van der Waals surface area contributed by atoms with E-state index in [9.17, 15) is 4.79 Å². The van der Waals surface area contributed by atoms with E-state index >= 15 is 0 Å². The number of hydrogen-bond donors (Lipinski definition) is 0. The van der Waals surface area contributed by atoms with Crippen molar-refractivity contribution in [2.45, 2.75) is 26.7 Å². The lowest BCUT2D eigenvalue weighted by Crippen LogP contribution is -2.41. The largest absolute Gasteiger partial charge is 0.496 e. The molecule has 1 aromatic rings. The fourth-order valence-electron chi connectivity index (χ4n) is 3.16. The zero-order valence-corrected chi connectivity index (χ0v) is 14.0. The Labute approximate surface area is 134 Å². The van der Waals surface area contributed by atoms with Gasteiger partial charge in [-0.1, -0.05) is 26.0 Å². The molecule has 0 radical (unpaired) electrons. The Morgan fingerprint density at radius 3 is 2.45 bits per heavy atom. The molecule has 1 fully saturated rings. The number of hydrogen-bond acceptors (Lipinski definition) is 3. The Bertz CT molecular complexity index is 478. The van der Waals surface area contributed by atoms with E-state index < -0.39 is 0 Å². The van der Waals surface area contributed by atoms with Gasteiger partial charge >= 0.3 is 0 Å². The Balaban J connectivity index is 1.92. The molecule has 1 aromatic carbocycles. The van der Waals surface area contributed by atoms with Crippen LogP contribution in [0.3, 0.4) is 0 Å². The highest BCUT2D eigenvalue weighted by molar-refractivity contribution is 5.97. The van der Waals surface area contributed by atoms with Crippen molar-refractivity contribution in [3.63, 3.8) is 0 Å². The van der Waals surface area contributed by atoms with E-state index in [1.807, 2.05) is 29.2 Å². The highest BCUT2D eigenvalue weighted by Crippen LogP contribution is 2.24. The molecule has 1 amide bonds. The second-order valence-corrected chi connectivity index (χ2v) is 5.92. The number of nitrogens with zero attached hydrogens (tertiary/aromatic N) is 2. The molecule has 0 bridgehead atoms. The normalized spacial score (nSPS) is 16.1. The number of piperidine rings is 1. The number of likely N-dealkylation sites (tertiary alicyclic amines) is 1. The van der Waals surface area contributed by atoms with E-state index in [0.717, 1.165) is 45.6 Å². The lowest BCUT2D eigenvalue weighted by molar-refractivity contribution is 0.0666.